The molecule has 7 heteroatoms. The molecule has 2 aromatic heterocycles. The van der Waals surface area contributed by atoms with Crippen molar-refractivity contribution in [2.24, 2.45) is 0 Å². The molecular formula is C13H21N7. The van der Waals surface area contributed by atoms with E-state index in [2.05, 4.69) is 50.5 Å². The second-order valence-electron chi connectivity index (χ2n) is 6.15. The monoisotopic (exact) mass is 275 g/mol. The summed E-state index contributed by atoms with van der Waals surface area (Å²) < 4.78 is 0. The number of hydrogen-bond acceptors (Lipinski definition) is 6. The Labute approximate surface area is 118 Å². The van der Waals surface area contributed by atoms with Crippen LogP contribution in [0.5, 0.6) is 0 Å². The zero-order chi connectivity index (χ0) is 14.3. The zero-order valence-corrected chi connectivity index (χ0v) is 12.2. The molecule has 0 atom stereocenters. The number of rotatable bonds is 1. The minimum absolute atomic E-state index is 0.208. The van der Waals surface area contributed by atoms with Crippen LogP contribution < -0.4 is 10.6 Å². The summed E-state index contributed by atoms with van der Waals surface area (Å²) in [6.45, 7) is 10.6. The third-order valence-corrected chi connectivity index (χ3v) is 3.81. The van der Waals surface area contributed by atoms with Crippen molar-refractivity contribution in [3.05, 3.63) is 6.33 Å². The Morgan fingerprint density at radius 1 is 1.15 bits per heavy atom. The number of anilines is 2. The minimum Gasteiger partial charge on any atom is -0.368 e. The van der Waals surface area contributed by atoms with Gasteiger partial charge in [0.15, 0.2) is 11.5 Å². The van der Waals surface area contributed by atoms with Crippen molar-refractivity contribution in [2.45, 2.75) is 26.3 Å². The molecule has 0 aromatic carbocycles. The topological polar surface area (TPSA) is 87.0 Å². The molecule has 0 saturated carbocycles. The van der Waals surface area contributed by atoms with Crippen LogP contribution in [0.4, 0.5) is 11.8 Å². The number of fused-ring (bicyclic) bond motifs is 1. The summed E-state index contributed by atoms with van der Waals surface area (Å²) in [4.78, 5) is 20.5. The fourth-order valence-corrected chi connectivity index (χ4v) is 2.65. The highest BCUT2D eigenvalue weighted by molar-refractivity contribution is 5.84. The van der Waals surface area contributed by atoms with Crippen molar-refractivity contribution in [2.75, 3.05) is 36.8 Å². The SMILES string of the molecule is CC(C)(C)N1CCN(c2nc(N)nc3nc[nH]c23)CC1. The summed E-state index contributed by atoms with van der Waals surface area (Å²) in [7, 11) is 0. The van der Waals surface area contributed by atoms with Gasteiger partial charge in [-0.3, -0.25) is 4.90 Å². The number of piperazine rings is 1. The normalized spacial score (nSPS) is 17.9. The lowest BCUT2D eigenvalue weighted by Gasteiger charge is -2.42. The van der Waals surface area contributed by atoms with Crippen LogP contribution >= 0.6 is 0 Å². The number of H-pyrrole nitrogens is 1. The first-order valence-corrected chi connectivity index (χ1v) is 6.92. The molecule has 3 heterocycles. The average Bonchev–Trinajstić information content (AvgIpc) is 2.85. The molecule has 2 aromatic rings. The largest absolute Gasteiger partial charge is 0.368 e. The number of nitrogens with zero attached hydrogens (tertiary/aromatic N) is 5. The first-order chi connectivity index (χ1) is 9.45. The number of hydrogen-bond donors (Lipinski definition) is 2. The maximum absolute atomic E-state index is 5.77. The predicted octanol–water partition coefficient (Wildman–Crippen LogP) is 0.856. The fraction of sp³-hybridized carbons (Fsp3) is 0.615. The van der Waals surface area contributed by atoms with Crippen LogP contribution in [-0.4, -0.2) is 56.6 Å². The van der Waals surface area contributed by atoms with Gasteiger partial charge in [0.25, 0.3) is 0 Å². The molecule has 0 aliphatic carbocycles. The second kappa shape index (κ2) is 4.59. The van der Waals surface area contributed by atoms with Crippen molar-refractivity contribution in [3.63, 3.8) is 0 Å². The highest BCUT2D eigenvalue weighted by atomic mass is 15.3. The summed E-state index contributed by atoms with van der Waals surface area (Å²) in [5.41, 5.74) is 7.48. The van der Waals surface area contributed by atoms with Crippen molar-refractivity contribution in [1.82, 2.24) is 24.8 Å². The summed E-state index contributed by atoms with van der Waals surface area (Å²) >= 11 is 0. The molecule has 3 rings (SSSR count). The molecule has 1 fully saturated rings. The fourth-order valence-electron chi connectivity index (χ4n) is 2.65. The number of nitrogens with two attached hydrogens (primary N) is 1. The number of aromatic amines is 1. The smallest absolute Gasteiger partial charge is 0.224 e. The minimum atomic E-state index is 0.208. The second-order valence-corrected chi connectivity index (χ2v) is 6.15. The van der Waals surface area contributed by atoms with Crippen LogP contribution in [0.3, 0.4) is 0 Å². The quantitative estimate of drug-likeness (QED) is 0.802. The van der Waals surface area contributed by atoms with Gasteiger partial charge in [0.1, 0.15) is 5.52 Å². The summed E-state index contributed by atoms with van der Waals surface area (Å²) in [6.07, 6.45) is 1.63. The van der Waals surface area contributed by atoms with E-state index >= 15 is 0 Å². The van der Waals surface area contributed by atoms with E-state index in [4.69, 9.17) is 5.73 Å². The standard InChI is InChI=1S/C13H21N7/c1-13(2,3)20-6-4-19(5-7-20)11-9-10(16-8-15-9)17-12(14)18-11/h8H,4-7H2,1-3H3,(H3,14,15,16,17,18). The molecule has 3 N–H and O–H groups in total. The molecule has 1 aliphatic heterocycles. The first-order valence-electron chi connectivity index (χ1n) is 6.92. The summed E-state index contributed by atoms with van der Waals surface area (Å²) in [5.74, 6) is 1.14. The van der Waals surface area contributed by atoms with Gasteiger partial charge in [-0.05, 0) is 20.8 Å². The number of aromatic nitrogens is 4. The number of imidazole rings is 1. The number of nitrogens with one attached hydrogen (secondary N) is 1. The van der Waals surface area contributed by atoms with Gasteiger partial charge in [-0.15, -0.1) is 0 Å². The van der Waals surface area contributed by atoms with Gasteiger partial charge in [-0.25, -0.2) is 4.98 Å². The van der Waals surface area contributed by atoms with Crippen molar-refractivity contribution in [1.29, 1.82) is 0 Å². The van der Waals surface area contributed by atoms with Crippen molar-refractivity contribution >= 4 is 22.9 Å². The van der Waals surface area contributed by atoms with E-state index in [1.807, 2.05) is 0 Å². The van der Waals surface area contributed by atoms with E-state index in [9.17, 15) is 0 Å². The Hall–Kier alpha value is -1.89. The molecule has 7 nitrogen and oxygen atoms in total. The van der Waals surface area contributed by atoms with Gasteiger partial charge in [-0.2, -0.15) is 9.97 Å². The molecule has 20 heavy (non-hydrogen) atoms. The molecular weight excluding hydrogens is 254 g/mol. The molecule has 1 aliphatic rings. The predicted molar refractivity (Wildman–Crippen MR) is 79.6 cm³/mol. The van der Waals surface area contributed by atoms with Crippen LogP contribution in [0.25, 0.3) is 11.2 Å². The molecule has 1 saturated heterocycles. The summed E-state index contributed by atoms with van der Waals surface area (Å²) in [6, 6.07) is 0. The van der Waals surface area contributed by atoms with Gasteiger partial charge in [-0.1, -0.05) is 0 Å². The van der Waals surface area contributed by atoms with E-state index in [0.29, 0.717) is 5.65 Å². The Morgan fingerprint density at radius 3 is 2.50 bits per heavy atom. The van der Waals surface area contributed by atoms with Gasteiger partial charge in [0, 0.05) is 31.7 Å². The van der Waals surface area contributed by atoms with Crippen LogP contribution in [0.1, 0.15) is 20.8 Å². The lowest BCUT2D eigenvalue weighted by atomic mass is 10.1. The van der Waals surface area contributed by atoms with Crippen LogP contribution in [0, 0.1) is 0 Å². The lowest BCUT2D eigenvalue weighted by molar-refractivity contribution is 0.128. The van der Waals surface area contributed by atoms with Crippen molar-refractivity contribution in [3.8, 4) is 0 Å². The van der Waals surface area contributed by atoms with E-state index in [-0.39, 0.29) is 11.5 Å². The van der Waals surface area contributed by atoms with E-state index in [0.717, 1.165) is 37.5 Å². The highest BCUT2D eigenvalue weighted by Crippen LogP contribution is 2.24. The van der Waals surface area contributed by atoms with Crippen LogP contribution in [0.2, 0.25) is 0 Å². The molecule has 0 amide bonds. The van der Waals surface area contributed by atoms with Crippen LogP contribution in [0.15, 0.2) is 6.33 Å². The Kier molecular flexibility index (Phi) is 3.01. The third-order valence-electron chi connectivity index (χ3n) is 3.81. The average molecular weight is 275 g/mol. The molecule has 108 valence electrons. The first kappa shape index (κ1) is 13.1. The maximum atomic E-state index is 5.77. The Morgan fingerprint density at radius 2 is 1.85 bits per heavy atom. The third kappa shape index (κ3) is 2.29. The van der Waals surface area contributed by atoms with E-state index < -0.39 is 0 Å². The highest BCUT2D eigenvalue weighted by Gasteiger charge is 2.27. The Bertz CT molecular complexity index is 605. The molecule has 0 radical (unpaired) electrons. The van der Waals surface area contributed by atoms with Crippen molar-refractivity contribution < 1.29 is 0 Å². The van der Waals surface area contributed by atoms with Gasteiger partial charge in [0.2, 0.25) is 5.95 Å². The summed E-state index contributed by atoms with van der Waals surface area (Å²) in [5, 5.41) is 0. The van der Waals surface area contributed by atoms with E-state index in [1.54, 1.807) is 6.33 Å². The molecule has 0 spiro atoms. The molecule has 0 unspecified atom stereocenters. The maximum Gasteiger partial charge on any atom is 0.224 e. The van der Waals surface area contributed by atoms with Crippen LogP contribution in [-0.2, 0) is 0 Å². The van der Waals surface area contributed by atoms with Gasteiger partial charge >= 0.3 is 0 Å². The zero-order valence-electron chi connectivity index (χ0n) is 12.2. The molecule has 0 bridgehead atoms. The number of nitrogen functional groups attached to an aromatic ring is 1. The van der Waals surface area contributed by atoms with E-state index in [1.165, 1.54) is 0 Å². The Balaban J connectivity index is 1.85. The van der Waals surface area contributed by atoms with Gasteiger partial charge < -0.3 is 15.6 Å². The lowest BCUT2D eigenvalue weighted by Crippen LogP contribution is -2.53. The van der Waals surface area contributed by atoms with Gasteiger partial charge in [0.05, 0.1) is 6.33 Å².